The quantitative estimate of drug-likeness (QED) is 0.406. The Bertz CT molecular complexity index is 503. The van der Waals surface area contributed by atoms with E-state index in [-0.39, 0.29) is 29.2 Å². The third-order valence-corrected chi connectivity index (χ3v) is 2.99. The number of esters is 1. The third-order valence-electron chi connectivity index (χ3n) is 2.24. The number of rotatable bonds is 6. The van der Waals surface area contributed by atoms with Crippen LogP contribution in [0.1, 0.15) is 12.5 Å². The van der Waals surface area contributed by atoms with Gasteiger partial charge in [0.05, 0.1) is 13.0 Å². The van der Waals surface area contributed by atoms with Crippen LogP contribution in [0.15, 0.2) is 40.6 Å². The second-order valence-electron chi connectivity index (χ2n) is 3.78. The summed E-state index contributed by atoms with van der Waals surface area (Å²) in [5, 5.41) is 0. The largest absolute Gasteiger partial charge is 0.462 e. The predicted octanol–water partition coefficient (Wildman–Crippen LogP) is 0.936. The van der Waals surface area contributed by atoms with Gasteiger partial charge in [-0.25, -0.2) is 4.79 Å². The number of halogens is 1. The first kappa shape index (κ1) is 16.0. The van der Waals surface area contributed by atoms with Crippen LogP contribution in [-0.4, -0.2) is 18.5 Å². The van der Waals surface area contributed by atoms with E-state index in [1.54, 1.807) is 6.92 Å². The Morgan fingerprint density at radius 2 is 1.90 bits per heavy atom. The van der Waals surface area contributed by atoms with Crippen molar-refractivity contribution in [1.82, 2.24) is 10.9 Å². The molecule has 0 unspecified atom stereocenters. The summed E-state index contributed by atoms with van der Waals surface area (Å²) in [4.78, 5) is 23.0. The van der Waals surface area contributed by atoms with Crippen LogP contribution < -0.4 is 16.6 Å². The zero-order valence-corrected chi connectivity index (χ0v) is 12.6. The smallest absolute Gasteiger partial charge is 0.349 e. The van der Waals surface area contributed by atoms with Crippen molar-refractivity contribution in [3.63, 3.8) is 0 Å². The number of amides is 1. The molecule has 0 heterocycles. The van der Waals surface area contributed by atoms with Crippen molar-refractivity contribution in [1.29, 1.82) is 0 Å². The fourth-order valence-electron chi connectivity index (χ4n) is 1.32. The van der Waals surface area contributed by atoms with Crippen LogP contribution >= 0.6 is 15.9 Å². The van der Waals surface area contributed by atoms with Crippen LogP contribution in [-0.2, 0) is 20.7 Å². The highest BCUT2D eigenvalue weighted by molar-refractivity contribution is 9.12. The molecule has 0 radical (unpaired) electrons. The fourth-order valence-corrected chi connectivity index (χ4v) is 1.54. The Morgan fingerprint density at radius 1 is 1.25 bits per heavy atom. The second kappa shape index (κ2) is 8.21. The molecule has 1 aromatic carbocycles. The molecular weight excluding hydrogens is 326 g/mol. The topological polar surface area (TPSA) is 93.4 Å². The van der Waals surface area contributed by atoms with E-state index in [4.69, 9.17) is 10.5 Å². The zero-order valence-electron chi connectivity index (χ0n) is 11.0. The Kier molecular flexibility index (Phi) is 6.58. The van der Waals surface area contributed by atoms with Gasteiger partial charge in [-0.15, -0.1) is 0 Å². The minimum absolute atomic E-state index is 0.0233. The molecule has 0 aliphatic heterocycles. The molecule has 1 aromatic rings. The van der Waals surface area contributed by atoms with E-state index in [9.17, 15) is 9.59 Å². The maximum absolute atomic E-state index is 11.7. The van der Waals surface area contributed by atoms with Gasteiger partial charge in [0.2, 0.25) is 5.91 Å². The van der Waals surface area contributed by atoms with E-state index in [2.05, 4.69) is 26.8 Å². The lowest BCUT2D eigenvalue weighted by Gasteiger charge is -2.10. The van der Waals surface area contributed by atoms with Gasteiger partial charge >= 0.3 is 5.97 Å². The molecule has 0 aliphatic rings. The average molecular weight is 342 g/mol. The lowest BCUT2D eigenvalue weighted by atomic mass is 10.1. The van der Waals surface area contributed by atoms with Gasteiger partial charge in [-0.2, -0.15) is 0 Å². The molecule has 108 valence electrons. The number of carbonyl (C=O) groups is 2. The van der Waals surface area contributed by atoms with E-state index in [0.29, 0.717) is 0 Å². The number of hydrogen-bond acceptors (Lipinski definition) is 5. The van der Waals surface area contributed by atoms with Gasteiger partial charge in [0.25, 0.3) is 0 Å². The van der Waals surface area contributed by atoms with Crippen LogP contribution in [0.5, 0.6) is 0 Å². The van der Waals surface area contributed by atoms with Crippen LogP contribution in [0.3, 0.4) is 0 Å². The number of nitrogens with one attached hydrogen (secondary N) is 2. The minimum atomic E-state index is -0.602. The second-order valence-corrected chi connectivity index (χ2v) is 4.58. The number of nitrogens with two attached hydrogens (primary N) is 1. The first-order chi connectivity index (χ1) is 9.54. The molecule has 20 heavy (non-hydrogen) atoms. The molecule has 0 saturated carbocycles. The monoisotopic (exact) mass is 341 g/mol. The van der Waals surface area contributed by atoms with Gasteiger partial charge in [-0.3, -0.25) is 15.6 Å². The van der Waals surface area contributed by atoms with Crippen molar-refractivity contribution >= 4 is 27.8 Å². The molecule has 0 atom stereocenters. The normalized spacial score (nSPS) is 11.3. The van der Waals surface area contributed by atoms with Gasteiger partial charge in [0.1, 0.15) is 10.3 Å². The molecule has 0 saturated heterocycles. The highest BCUT2D eigenvalue weighted by Crippen LogP contribution is 2.08. The van der Waals surface area contributed by atoms with Crippen molar-refractivity contribution in [3.8, 4) is 0 Å². The first-order valence-corrected chi connectivity index (χ1v) is 6.75. The summed E-state index contributed by atoms with van der Waals surface area (Å²) in [6.07, 6.45) is 0.206. The van der Waals surface area contributed by atoms with E-state index in [0.717, 1.165) is 5.56 Å². The predicted molar refractivity (Wildman–Crippen MR) is 78.2 cm³/mol. The van der Waals surface area contributed by atoms with Gasteiger partial charge < -0.3 is 10.5 Å². The molecule has 4 N–H and O–H groups in total. The lowest BCUT2D eigenvalue weighted by molar-refractivity contribution is -0.137. The van der Waals surface area contributed by atoms with Crippen molar-refractivity contribution < 1.29 is 14.3 Å². The molecular formula is C13H16BrN3O3. The van der Waals surface area contributed by atoms with Gasteiger partial charge in [-0.1, -0.05) is 30.3 Å². The molecule has 0 fully saturated rings. The van der Waals surface area contributed by atoms with Gasteiger partial charge in [0, 0.05) is 0 Å². The van der Waals surface area contributed by atoms with Crippen LogP contribution in [0.4, 0.5) is 0 Å². The van der Waals surface area contributed by atoms with E-state index < -0.39 is 5.97 Å². The molecule has 0 aromatic heterocycles. The molecule has 6 nitrogen and oxygen atoms in total. The SMILES string of the molecule is CCOC(=O)/C(Br)=C(\N)NNC(=O)Cc1ccccc1. The van der Waals surface area contributed by atoms with Crippen LogP contribution in [0.25, 0.3) is 0 Å². The standard InChI is InChI=1S/C13H16BrN3O3/c1-2-20-13(19)11(14)12(15)17-16-10(18)8-9-6-4-3-5-7-9/h3-7,17H,2,8,15H2,1H3,(H,16,18)/b12-11-. The Morgan fingerprint density at radius 3 is 2.50 bits per heavy atom. The summed E-state index contributed by atoms with van der Waals surface area (Å²) < 4.78 is 4.78. The highest BCUT2D eigenvalue weighted by Gasteiger charge is 2.12. The molecule has 0 aliphatic carbocycles. The van der Waals surface area contributed by atoms with Crippen molar-refractivity contribution in [2.45, 2.75) is 13.3 Å². The number of hydrazine groups is 1. The maximum Gasteiger partial charge on any atom is 0.349 e. The minimum Gasteiger partial charge on any atom is -0.462 e. The summed E-state index contributed by atoms with van der Waals surface area (Å²) in [5.41, 5.74) is 11.3. The summed E-state index contributed by atoms with van der Waals surface area (Å²) in [6.45, 7) is 1.92. The van der Waals surface area contributed by atoms with Crippen molar-refractivity contribution in [2.24, 2.45) is 5.73 Å². The maximum atomic E-state index is 11.7. The Hall–Kier alpha value is -2.02. The Balaban J connectivity index is 2.48. The van der Waals surface area contributed by atoms with Crippen molar-refractivity contribution in [2.75, 3.05) is 6.61 Å². The molecule has 1 amide bonds. The molecule has 0 spiro atoms. The van der Waals surface area contributed by atoms with E-state index >= 15 is 0 Å². The number of carbonyl (C=O) groups excluding carboxylic acids is 2. The number of hydrogen-bond donors (Lipinski definition) is 3. The summed E-state index contributed by atoms with van der Waals surface area (Å²) in [7, 11) is 0. The lowest BCUT2D eigenvalue weighted by Crippen LogP contribution is -2.41. The van der Waals surface area contributed by atoms with Crippen LogP contribution in [0, 0.1) is 0 Å². The first-order valence-electron chi connectivity index (χ1n) is 5.95. The fraction of sp³-hybridized carbons (Fsp3) is 0.231. The summed E-state index contributed by atoms with van der Waals surface area (Å²) >= 11 is 2.99. The third kappa shape index (κ3) is 5.31. The zero-order chi connectivity index (χ0) is 15.0. The van der Waals surface area contributed by atoms with Gasteiger partial charge in [0.15, 0.2) is 0 Å². The summed E-state index contributed by atoms with van der Waals surface area (Å²) in [6, 6.07) is 9.25. The summed E-state index contributed by atoms with van der Waals surface area (Å²) in [5.74, 6) is -0.900. The van der Waals surface area contributed by atoms with Crippen LogP contribution in [0.2, 0.25) is 0 Å². The molecule has 0 bridgehead atoms. The van der Waals surface area contributed by atoms with E-state index in [1.165, 1.54) is 0 Å². The molecule has 1 rings (SSSR count). The number of ether oxygens (including phenoxy) is 1. The molecule has 7 heteroatoms. The highest BCUT2D eigenvalue weighted by atomic mass is 79.9. The van der Waals surface area contributed by atoms with Gasteiger partial charge in [-0.05, 0) is 28.4 Å². The Labute approximate surface area is 125 Å². The van der Waals surface area contributed by atoms with Crippen molar-refractivity contribution in [3.05, 3.63) is 46.2 Å². The number of benzene rings is 1. The van der Waals surface area contributed by atoms with E-state index in [1.807, 2.05) is 30.3 Å². The average Bonchev–Trinajstić information content (AvgIpc) is 2.45.